The molecule has 22 heavy (non-hydrogen) atoms. The van der Waals surface area contributed by atoms with Crippen LogP contribution in [0.4, 0.5) is 4.79 Å². The number of ether oxygens (including phenoxy) is 3. The maximum Gasteiger partial charge on any atom is 0.506 e. The molecule has 128 valence electrons. The summed E-state index contributed by atoms with van der Waals surface area (Å²) in [5, 5.41) is 8.58. The lowest BCUT2D eigenvalue weighted by molar-refractivity contribution is -0.243. The predicted molar refractivity (Wildman–Crippen MR) is 82.8 cm³/mol. The van der Waals surface area contributed by atoms with E-state index in [2.05, 4.69) is 11.7 Å². The molecule has 0 spiro atoms. The Hall–Kier alpha value is -0.810. The number of hydrogen-bond donors (Lipinski definition) is 1. The quantitative estimate of drug-likeness (QED) is 0.563. The maximum atomic E-state index is 10.5. The number of hydrogen-bond acceptors (Lipinski definition) is 4. The van der Waals surface area contributed by atoms with Crippen molar-refractivity contribution < 1.29 is 24.1 Å². The minimum atomic E-state index is -1.26. The molecule has 1 heterocycles. The van der Waals surface area contributed by atoms with Gasteiger partial charge in [-0.15, -0.1) is 0 Å². The first kappa shape index (κ1) is 17.5. The molecule has 5 heteroatoms. The summed E-state index contributed by atoms with van der Waals surface area (Å²) in [5.74, 6) is 1.33. The van der Waals surface area contributed by atoms with E-state index in [1.807, 2.05) is 0 Å². The van der Waals surface area contributed by atoms with Crippen LogP contribution in [0.3, 0.4) is 0 Å². The molecular formula is C17H30O5. The molecule has 1 N–H and O–H groups in total. The Labute approximate surface area is 133 Å². The van der Waals surface area contributed by atoms with Gasteiger partial charge in [0.1, 0.15) is 0 Å². The molecule has 1 aliphatic heterocycles. The summed E-state index contributed by atoms with van der Waals surface area (Å²) in [6, 6.07) is 0. The van der Waals surface area contributed by atoms with Gasteiger partial charge in [-0.2, -0.15) is 0 Å². The molecule has 0 aromatic rings. The fraction of sp³-hybridized carbons (Fsp3) is 0.941. The second-order valence-electron chi connectivity index (χ2n) is 6.67. The molecule has 0 aromatic heterocycles. The molecule has 0 aromatic carbocycles. The molecule has 5 nitrogen and oxygen atoms in total. The third-order valence-electron chi connectivity index (χ3n) is 4.90. The van der Waals surface area contributed by atoms with Crippen molar-refractivity contribution in [3.63, 3.8) is 0 Å². The molecule has 1 aliphatic carbocycles. The first-order chi connectivity index (χ1) is 10.7. The smallest absolute Gasteiger partial charge is 0.450 e. The molecule has 1 saturated carbocycles. The Morgan fingerprint density at radius 2 is 1.77 bits per heavy atom. The minimum Gasteiger partial charge on any atom is -0.450 e. The molecule has 0 atom stereocenters. The largest absolute Gasteiger partial charge is 0.506 e. The minimum absolute atomic E-state index is 0.172. The summed E-state index contributed by atoms with van der Waals surface area (Å²) in [6.07, 6.45) is 9.72. The first-order valence-electron chi connectivity index (χ1n) is 8.81. The summed E-state index contributed by atoms with van der Waals surface area (Å²) in [5.41, 5.74) is 0. The highest BCUT2D eigenvalue weighted by Gasteiger charge is 2.33. The summed E-state index contributed by atoms with van der Waals surface area (Å²) >= 11 is 0. The summed E-state index contributed by atoms with van der Waals surface area (Å²) < 4.78 is 16.0. The third kappa shape index (κ3) is 5.76. The van der Waals surface area contributed by atoms with Crippen molar-refractivity contribution in [3.8, 4) is 0 Å². The second kappa shape index (κ2) is 9.36. The van der Waals surface area contributed by atoms with E-state index in [4.69, 9.17) is 14.6 Å². The van der Waals surface area contributed by atoms with Crippen LogP contribution in [0.25, 0.3) is 0 Å². The molecule has 0 radical (unpaired) electrons. The van der Waals surface area contributed by atoms with Crippen molar-refractivity contribution in [3.05, 3.63) is 0 Å². The van der Waals surface area contributed by atoms with Gasteiger partial charge in [0.15, 0.2) is 12.4 Å². The lowest BCUT2D eigenvalue weighted by Gasteiger charge is -2.37. The zero-order chi connectivity index (χ0) is 15.8. The van der Waals surface area contributed by atoms with Crippen molar-refractivity contribution in [2.45, 2.75) is 77.1 Å². The first-order valence-corrected chi connectivity index (χ1v) is 8.81. The van der Waals surface area contributed by atoms with Crippen LogP contribution in [0.2, 0.25) is 0 Å². The Bertz CT molecular complexity index is 317. The number of carboxylic acid groups (broad SMARTS) is 1. The summed E-state index contributed by atoms with van der Waals surface area (Å²) in [7, 11) is 0. The van der Waals surface area contributed by atoms with E-state index in [0.717, 1.165) is 18.8 Å². The summed E-state index contributed by atoms with van der Waals surface area (Å²) in [6.45, 7) is 2.88. The van der Waals surface area contributed by atoms with Gasteiger partial charge in [-0.3, -0.25) is 0 Å². The van der Waals surface area contributed by atoms with Gasteiger partial charge in [-0.1, -0.05) is 39.0 Å². The Morgan fingerprint density at radius 3 is 2.36 bits per heavy atom. The van der Waals surface area contributed by atoms with Crippen molar-refractivity contribution >= 4 is 6.16 Å². The number of carbonyl (C=O) groups is 1. The lowest BCUT2D eigenvalue weighted by atomic mass is 9.79. The van der Waals surface area contributed by atoms with Crippen LogP contribution < -0.4 is 0 Å². The van der Waals surface area contributed by atoms with E-state index in [1.165, 1.54) is 44.9 Å². The highest BCUT2D eigenvalue weighted by atomic mass is 16.7. The van der Waals surface area contributed by atoms with Gasteiger partial charge in [0.2, 0.25) is 0 Å². The fourth-order valence-corrected chi connectivity index (χ4v) is 3.59. The Kier molecular flexibility index (Phi) is 7.46. The summed E-state index contributed by atoms with van der Waals surface area (Å²) in [4.78, 5) is 10.5. The van der Waals surface area contributed by atoms with Gasteiger partial charge in [0.25, 0.3) is 0 Å². The molecule has 2 aliphatic rings. The monoisotopic (exact) mass is 314 g/mol. The van der Waals surface area contributed by atoms with Crippen LogP contribution in [0, 0.1) is 11.8 Å². The van der Waals surface area contributed by atoms with Crippen molar-refractivity contribution in [2.75, 3.05) is 13.2 Å². The molecular weight excluding hydrogens is 284 g/mol. The highest BCUT2D eigenvalue weighted by Crippen LogP contribution is 2.35. The normalized spacial score (nSPS) is 32.6. The van der Waals surface area contributed by atoms with Crippen molar-refractivity contribution in [2.24, 2.45) is 11.8 Å². The van der Waals surface area contributed by atoms with Gasteiger partial charge in [0.05, 0.1) is 13.2 Å². The van der Waals surface area contributed by atoms with Crippen LogP contribution >= 0.6 is 0 Å². The van der Waals surface area contributed by atoms with E-state index < -0.39 is 12.3 Å². The van der Waals surface area contributed by atoms with E-state index in [9.17, 15) is 4.79 Å². The highest BCUT2D eigenvalue weighted by molar-refractivity contribution is 5.57. The molecule has 2 fully saturated rings. The molecule has 2 rings (SSSR count). The van der Waals surface area contributed by atoms with Crippen LogP contribution in [-0.4, -0.2) is 36.9 Å². The van der Waals surface area contributed by atoms with E-state index >= 15 is 0 Å². The average molecular weight is 314 g/mol. The van der Waals surface area contributed by atoms with Gasteiger partial charge in [-0.05, 0) is 31.6 Å². The lowest BCUT2D eigenvalue weighted by Crippen LogP contribution is -2.42. The van der Waals surface area contributed by atoms with Crippen LogP contribution in [0.1, 0.15) is 64.7 Å². The van der Waals surface area contributed by atoms with Crippen LogP contribution in [-0.2, 0) is 14.2 Å². The zero-order valence-electron chi connectivity index (χ0n) is 13.7. The van der Waals surface area contributed by atoms with Gasteiger partial charge >= 0.3 is 6.16 Å². The molecule has 1 saturated heterocycles. The van der Waals surface area contributed by atoms with Gasteiger partial charge < -0.3 is 19.3 Å². The van der Waals surface area contributed by atoms with Crippen LogP contribution in [0.5, 0.6) is 0 Å². The number of rotatable bonds is 7. The average Bonchev–Trinajstić information content (AvgIpc) is 2.52. The Morgan fingerprint density at radius 1 is 1.09 bits per heavy atom. The van der Waals surface area contributed by atoms with E-state index in [0.29, 0.717) is 19.1 Å². The third-order valence-corrected chi connectivity index (χ3v) is 4.90. The standard InChI is InChI=1S/C17H30O5/c1-2-3-4-5-6-13-7-9-14(10-8-13)16-20-11-15(12-21-16)22-17(18)19/h13-16H,2-12H2,1H3,(H,18,19). The van der Waals surface area contributed by atoms with Crippen molar-refractivity contribution in [1.29, 1.82) is 0 Å². The molecule has 0 unspecified atom stereocenters. The molecule has 0 bridgehead atoms. The maximum absolute atomic E-state index is 10.5. The van der Waals surface area contributed by atoms with Crippen LogP contribution in [0.15, 0.2) is 0 Å². The predicted octanol–water partition coefficient (Wildman–Crippen LogP) is 4.20. The Balaban J connectivity index is 1.60. The number of unbranched alkanes of at least 4 members (excludes halogenated alkanes) is 3. The van der Waals surface area contributed by atoms with Crippen molar-refractivity contribution in [1.82, 2.24) is 0 Å². The second-order valence-corrected chi connectivity index (χ2v) is 6.67. The van der Waals surface area contributed by atoms with Gasteiger partial charge in [0, 0.05) is 5.92 Å². The fourth-order valence-electron chi connectivity index (χ4n) is 3.59. The molecule has 0 amide bonds. The van der Waals surface area contributed by atoms with Gasteiger partial charge in [-0.25, -0.2) is 4.79 Å². The topological polar surface area (TPSA) is 65.0 Å². The SMILES string of the molecule is CCCCCCC1CCC(C2OCC(OC(=O)O)CO2)CC1. The van der Waals surface area contributed by atoms with E-state index in [-0.39, 0.29) is 6.29 Å². The van der Waals surface area contributed by atoms with E-state index in [1.54, 1.807) is 0 Å². The zero-order valence-corrected chi connectivity index (χ0v) is 13.7.